The van der Waals surface area contributed by atoms with Crippen molar-refractivity contribution < 1.29 is 4.74 Å². The minimum Gasteiger partial charge on any atom is -0.436 e. The van der Waals surface area contributed by atoms with Crippen LogP contribution in [0.3, 0.4) is 0 Å². The maximum Gasteiger partial charge on any atom is 0.238 e. The molecule has 82 valence electrons. The number of nitrogens with zero attached hydrogens (tertiary/aromatic N) is 3. The van der Waals surface area contributed by atoms with Crippen molar-refractivity contribution in [2.75, 3.05) is 0 Å². The van der Waals surface area contributed by atoms with Crippen LogP contribution in [0.5, 0.6) is 11.6 Å². The van der Waals surface area contributed by atoms with Crippen LogP contribution in [0.25, 0.3) is 0 Å². The van der Waals surface area contributed by atoms with Gasteiger partial charge >= 0.3 is 0 Å². The van der Waals surface area contributed by atoms with Gasteiger partial charge in [-0.1, -0.05) is 0 Å². The summed E-state index contributed by atoms with van der Waals surface area (Å²) in [5.74, 6) is 1.37. The van der Waals surface area contributed by atoms with E-state index in [2.05, 4.69) is 15.0 Å². The minimum atomic E-state index is 0.316. The summed E-state index contributed by atoms with van der Waals surface area (Å²) in [6, 6.07) is 3.70. The van der Waals surface area contributed by atoms with Crippen LogP contribution in [0, 0.1) is 6.92 Å². The number of alkyl halides is 1. The van der Waals surface area contributed by atoms with Crippen LogP contribution in [0.2, 0.25) is 0 Å². The predicted octanol–water partition coefficient (Wildman–Crippen LogP) is 2.71. The number of hydrogen-bond acceptors (Lipinski definition) is 4. The van der Waals surface area contributed by atoms with E-state index >= 15 is 0 Å². The zero-order chi connectivity index (χ0) is 11.4. The average molecular weight is 236 g/mol. The van der Waals surface area contributed by atoms with Gasteiger partial charge in [0.05, 0.1) is 24.0 Å². The lowest BCUT2D eigenvalue weighted by molar-refractivity contribution is 0.456. The molecule has 0 amide bonds. The second kappa shape index (κ2) is 4.90. The molecule has 2 rings (SSSR count). The first kappa shape index (κ1) is 10.8. The fraction of sp³-hybridized carbons (Fsp3) is 0.182. The molecule has 0 spiro atoms. The zero-order valence-corrected chi connectivity index (χ0v) is 9.48. The first-order valence-electron chi connectivity index (χ1n) is 4.75. The summed E-state index contributed by atoms with van der Waals surface area (Å²) < 4.78 is 5.48. The average Bonchev–Trinajstić information content (AvgIpc) is 2.32. The zero-order valence-electron chi connectivity index (χ0n) is 8.72. The highest BCUT2D eigenvalue weighted by Gasteiger charge is 2.01. The molecule has 0 aliphatic rings. The third kappa shape index (κ3) is 2.67. The summed E-state index contributed by atoms with van der Waals surface area (Å²) >= 11 is 5.65. The van der Waals surface area contributed by atoms with E-state index in [1.807, 2.05) is 19.1 Å². The second-order valence-electron chi connectivity index (χ2n) is 3.22. The molecule has 5 heteroatoms. The van der Waals surface area contributed by atoms with Gasteiger partial charge in [-0.25, -0.2) is 4.98 Å². The van der Waals surface area contributed by atoms with Crippen LogP contribution >= 0.6 is 11.6 Å². The molecule has 0 saturated carbocycles. The van der Waals surface area contributed by atoms with E-state index in [4.69, 9.17) is 16.3 Å². The maximum atomic E-state index is 5.65. The number of aryl methyl sites for hydroxylation is 1. The van der Waals surface area contributed by atoms with Crippen molar-refractivity contribution >= 4 is 11.6 Å². The number of hydrogen-bond donors (Lipinski definition) is 0. The van der Waals surface area contributed by atoms with E-state index in [-0.39, 0.29) is 0 Å². The summed E-state index contributed by atoms with van der Waals surface area (Å²) in [5, 5.41) is 0. The fourth-order valence-corrected chi connectivity index (χ4v) is 1.26. The lowest BCUT2D eigenvalue weighted by Gasteiger charge is -2.04. The molecule has 0 N–H and O–H groups in total. The van der Waals surface area contributed by atoms with Gasteiger partial charge < -0.3 is 4.74 Å². The van der Waals surface area contributed by atoms with Gasteiger partial charge in [0.15, 0.2) is 0 Å². The summed E-state index contributed by atoms with van der Waals surface area (Å²) in [7, 11) is 0. The third-order valence-electron chi connectivity index (χ3n) is 1.91. The maximum absolute atomic E-state index is 5.65. The molecule has 0 atom stereocenters. The van der Waals surface area contributed by atoms with Crippen molar-refractivity contribution in [2.45, 2.75) is 12.8 Å². The van der Waals surface area contributed by atoms with Gasteiger partial charge in [-0.3, -0.25) is 9.97 Å². The highest BCUT2D eigenvalue weighted by molar-refractivity contribution is 6.16. The number of halogens is 1. The normalized spacial score (nSPS) is 10.1. The molecule has 4 nitrogen and oxygen atoms in total. The molecular weight excluding hydrogens is 226 g/mol. The lowest BCUT2D eigenvalue weighted by Crippen LogP contribution is -1.93. The van der Waals surface area contributed by atoms with Crippen LogP contribution in [0.1, 0.15) is 11.4 Å². The Balaban J connectivity index is 2.16. The van der Waals surface area contributed by atoms with Crippen molar-refractivity contribution in [1.29, 1.82) is 0 Å². The number of aromatic nitrogens is 3. The Bertz CT molecular complexity index is 473. The molecule has 0 saturated heterocycles. The first-order valence-corrected chi connectivity index (χ1v) is 5.29. The molecule has 0 radical (unpaired) electrons. The highest BCUT2D eigenvalue weighted by Crippen LogP contribution is 2.17. The van der Waals surface area contributed by atoms with Gasteiger partial charge in [0, 0.05) is 11.9 Å². The minimum absolute atomic E-state index is 0.316. The Labute approximate surface area is 98.3 Å². The molecule has 0 aliphatic heterocycles. The largest absolute Gasteiger partial charge is 0.436 e. The molecule has 2 aromatic rings. The Hall–Kier alpha value is -1.68. The summed E-state index contributed by atoms with van der Waals surface area (Å²) in [6.45, 7) is 1.91. The van der Waals surface area contributed by atoms with Crippen LogP contribution in [-0.2, 0) is 5.88 Å². The molecule has 2 aromatic heterocycles. The summed E-state index contributed by atoms with van der Waals surface area (Å²) in [5.41, 5.74) is 1.62. The van der Waals surface area contributed by atoms with Crippen LogP contribution in [0.15, 0.2) is 30.7 Å². The Morgan fingerprint density at radius 2 is 2.12 bits per heavy atom. The van der Waals surface area contributed by atoms with Crippen molar-refractivity contribution in [2.24, 2.45) is 0 Å². The van der Waals surface area contributed by atoms with Gasteiger partial charge in [0.2, 0.25) is 5.88 Å². The van der Waals surface area contributed by atoms with Crippen LogP contribution < -0.4 is 4.74 Å². The topological polar surface area (TPSA) is 47.9 Å². The van der Waals surface area contributed by atoms with Gasteiger partial charge in [-0.15, -0.1) is 11.6 Å². The predicted molar refractivity (Wildman–Crippen MR) is 60.6 cm³/mol. The summed E-state index contributed by atoms with van der Waals surface area (Å²) in [4.78, 5) is 12.3. The summed E-state index contributed by atoms with van der Waals surface area (Å²) in [6.07, 6.45) is 4.79. The molecule has 0 aromatic carbocycles. The number of ether oxygens (including phenoxy) is 1. The van der Waals surface area contributed by atoms with Crippen LogP contribution in [0.4, 0.5) is 0 Å². The van der Waals surface area contributed by atoms with Crippen LogP contribution in [-0.4, -0.2) is 15.0 Å². The van der Waals surface area contributed by atoms with E-state index < -0.39 is 0 Å². The molecule has 16 heavy (non-hydrogen) atoms. The number of rotatable bonds is 3. The number of pyridine rings is 1. The molecule has 0 fully saturated rings. The Kier molecular flexibility index (Phi) is 3.31. The van der Waals surface area contributed by atoms with Gasteiger partial charge in [-0.2, -0.15) is 0 Å². The smallest absolute Gasteiger partial charge is 0.238 e. The van der Waals surface area contributed by atoms with E-state index in [0.717, 1.165) is 5.69 Å². The SMILES string of the molecule is Cc1ccc(Oc2cncc(CCl)n2)cn1. The van der Waals surface area contributed by atoms with E-state index in [0.29, 0.717) is 23.2 Å². The van der Waals surface area contributed by atoms with Gasteiger partial charge in [0.25, 0.3) is 0 Å². The van der Waals surface area contributed by atoms with Crippen molar-refractivity contribution in [3.8, 4) is 11.6 Å². The third-order valence-corrected chi connectivity index (χ3v) is 2.18. The standard InChI is InChI=1S/C11H10ClN3O/c1-8-2-3-10(6-14-8)16-11-7-13-5-9(4-12)15-11/h2-3,5-7H,4H2,1H3. The molecule has 0 unspecified atom stereocenters. The van der Waals surface area contributed by atoms with E-state index in [9.17, 15) is 0 Å². The van der Waals surface area contributed by atoms with Gasteiger partial charge in [-0.05, 0) is 19.1 Å². The molecular formula is C11H10ClN3O. The monoisotopic (exact) mass is 235 g/mol. The fourth-order valence-electron chi connectivity index (χ4n) is 1.14. The first-order chi connectivity index (χ1) is 7.78. The highest BCUT2D eigenvalue weighted by atomic mass is 35.5. The van der Waals surface area contributed by atoms with E-state index in [1.165, 1.54) is 6.20 Å². The van der Waals surface area contributed by atoms with Gasteiger partial charge in [0.1, 0.15) is 5.75 Å². The van der Waals surface area contributed by atoms with E-state index in [1.54, 1.807) is 12.4 Å². The Morgan fingerprint density at radius 3 is 2.81 bits per heavy atom. The van der Waals surface area contributed by atoms with Crippen molar-refractivity contribution in [1.82, 2.24) is 15.0 Å². The lowest BCUT2D eigenvalue weighted by atomic mass is 10.4. The molecule has 2 heterocycles. The van der Waals surface area contributed by atoms with Crippen molar-refractivity contribution in [3.63, 3.8) is 0 Å². The van der Waals surface area contributed by atoms with Crippen molar-refractivity contribution in [3.05, 3.63) is 42.1 Å². The quantitative estimate of drug-likeness (QED) is 0.768. The Morgan fingerprint density at radius 1 is 1.25 bits per heavy atom. The second-order valence-corrected chi connectivity index (χ2v) is 3.49. The molecule has 0 bridgehead atoms. The molecule has 0 aliphatic carbocycles.